The number of halogens is 1. The van der Waals surface area contributed by atoms with Crippen LogP contribution in [-0.2, 0) is 19.1 Å². The molecular weight excluding hydrogens is 464 g/mol. The molecule has 2 aromatic rings. The molecule has 0 radical (unpaired) electrons. The van der Waals surface area contributed by atoms with Gasteiger partial charge in [-0.3, -0.25) is 4.79 Å². The van der Waals surface area contributed by atoms with Crippen molar-refractivity contribution < 1.29 is 19.1 Å². The minimum Gasteiger partial charge on any atom is -0.466 e. The maximum absolute atomic E-state index is 13.6. The van der Waals surface area contributed by atoms with Crippen LogP contribution in [0.15, 0.2) is 71.1 Å². The van der Waals surface area contributed by atoms with Gasteiger partial charge in [-0.1, -0.05) is 41.9 Å². The van der Waals surface area contributed by atoms with E-state index in [4.69, 9.17) is 21.1 Å². The van der Waals surface area contributed by atoms with Gasteiger partial charge >= 0.3 is 5.97 Å². The van der Waals surface area contributed by atoms with Crippen molar-refractivity contribution in [2.24, 2.45) is 0 Å². The van der Waals surface area contributed by atoms with E-state index in [-0.39, 0.29) is 11.7 Å². The zero-order chi connectivity index (χ0) is 24.5. The van der Waals surface area contributed by atoms with Crippen molar-refractivity contribution in [2.45, 2.75) is 31.6 Å². The summed E-state index contributed by atoms with van der Waals surface area (Å²) in [5, 5.41) is 4.04. The number of hydrogen-bond donors (Lipinski definition) is 1. The van der Waals surface area contributed by atoms with Crippen LogP contribution in [0.5, 0.6) is 0 Å². The molecule has 3 aliphatic rings. The van der Waals surface area contributed by atoms with E-state index in [9.17, 15) is 9.59 Å². The lowest BCUT2D eigenvalue weighted by Crippen LogP contribution is -2.36. The van der Waals surface area contributed by atoms with Crippen molar-refractivity contribution in [2.75, 3.05) is 38.3 Å². The van der Waals surface area contributed by atoms with Crippen LogP contribution in [0.25, 0.3) is 0 Å². The van der Waals surface area contributed by atoms with E-state index < -0.39 is 11.9 Å². The van der Waals surface area contributed by atoms with Crippen molar-refractivity contribution in [3.63, 3.8) is 0 Å². The molecule has 2 atom stereocenters. The molecule has 7 heteroatoms. The highest BCUT2D eigenvalue weighted by atomic mass is 35.5. The number of anilines is 1. The Morgan fingerprint density at radius 1 is 1.09 bits per heavy atom. The number of carbonyl (C=O) groups is 2. The number of carbonyl (C=O) groups excluding carboxylic acids is 2. The molecular formula is C28H29ClN2O4. The van der Waals surface area contributed by atoms with Gasteiger partial charge in [-0.25, -0.2) is 4.79 Å². The van der Waals surface area contributed by atoms with Gasteiger partial charge in [0.2, 0.25) is 0 Å². The molecule has 1 saturated heterocycles. The number of methoxy groups -OCH3 is 1. The Bertz CT molecular complexity index is 1210. The number of ketones is 1. The normalized spacial score (nSPS) is 22.6. The summed E-state index contributed by atoms with van der Waals surface area (Å²) in [5.74, 6) is -0.888. The summed E-state index contributed by atoms with van der Waals surface area (Å²) in [5.41, 5.74) is 5.69. The quantitative estimate of drug-likeness (QED) is 0.623. The number of benzene rings is 2. The Hall–Kier alpha value is -3.09. The van der Waals surface area contributed by atoms with E-state index in [1.54, 1.807) is 0 Å². The molecule has 5 rings (SSSR count). The fourth-order valence-corrected chi connectivity index (χ4v) is 5.77. The average Bonchev–Trinajstić information content (AvgIpc) is 2.88. The molecule has 0 unspecified atom stereocenters. The minimum atomic E-state index is -0.475. The smallest absolute Gasteiger partial charge is 0.336 e. The molecule has 0 amide bonds. The number of rotatable bonds is 4. The van der Waals surface area contributed by atoms with Gasteiger partial charge in [0.15, 0.2) is 5.78 Å². The molecule has 2 aromatic carbocycles. The first kappa shape index (κ1) is 23.6. The van der Waals surface area contributed by atoms with Crippen molar-refractivity contribution in [3.8, 4) is 0 Å². The maximum Gasteiger partial charge on any atom is 0.336 e. The number of esters is 1. The summed E-state index contributed by atoms with van der Waals surface area (Å²) in [6.07, 6.45) is 0.999. The highest BCUT2D eigenvalue weighted by molar-refractivity contribution is 6.31. The number of nitrogens with one attached hydrogen (secondary N) is 1. The number of allylic oxidation sites excluding steroid dienone is 3. The number of ether oxygens (including phenoxy) is 2. The summed E-state index contributed by atoms with van der Waals surface area (Å²) in [6, 6.07) is 15.9. The van der Waals surface area contributed by atoms with Crippen LogP contribution in [0.1, 0.15) is 42.7 Å². The Kier molecular flexibility index (Phi) is 6.67. The fourth-order valence-electron chi connectivity index (χ4n) is 5.48. The third kappa shape index (κ3) is 4.48. The van der Waals surface area contributed by atoms with E-state index in [2.05, 4.69) is 22.3 Å². The third-order valence-electron chi connectivity index (χ3n) is 7.18. The van der Waals surface area contributed by atoms with Gasteiger partial charge in [-0.2, -0.15) is 0 Å². The molecule has 2 aliphatic heterocycles. The van der Waals surface area contributed by atoms with Crippen molar-refractivity contribution in [3.05, 3.63) is 87.2 Å². The van der Waals surface area contributed by atoms with Gasteiger partial charge in [0, 0.05) is 53.1 Å². The maximum atomic E-state index is 13.6. The highest BCUT2D eigenvalue weighted by Crippen LogP contribution is 2.46. The second-order valence-corrected chi connectivity index (χ2v) is 9.63. The van der Waals surface area contributed by atoms with Crippen LogP contribution in [-0.4, -0.2) is 45.2 Å². The average molecular weight is 493 g/mol. The lowest BCUT2D eigenvalue weighted by Gasteiger charge is -2.37. The van der Waals surface area contributed by atoms with Crippen LogP contribution in [0, 0.1) is 0 Å². The molecule has 6 nitrogen and oxygen atoms in total. The summed E-state index contributed by atoms with van der Waals surface area (Å²) in [6.45, 7) is 4.98. The standard InChI is InChI=1S/C28H29ClN2O4/c1-17-25(28(33)34-2)26(18-7-9-20(10-8-18)31-11-13-35-14-12-31)27-23(30-17)15-19(16-24(27)32)21-5-3-4-6-22(21)29/h3-10,19,26,30H,11-16H2,1-2H3/t19-,26+/m0/s1. The largest absolute Gasteiger partial charge is 0.466 e. The van der Waals surface area contributed by atoms with E-state index in [1.165, 1.54) is 7.11 Å². The molecule has 0 spiro atoms. The lowest BCUT2D eigenvalue weighted by molar-refractivity contribution is -0.136. The van der Waals surface area contributed by atoms with Crippen molar-refractivity contribution in [1.82, 2.24) is 5.32 Å². The Morgan fingerprint density at radius 3 is 2.49 bits per heavy atom. The van der Waals surface area contributed by atoms with Gasteiger partial charge in [0.1, 0.15) is 0 Å². The second kappa shape index (κ2) is 9.88. The summed E-state index contributed by atoms with van der Waals surface area (Å²) >= 11 is 6.47. The molecule has 35 heavy (non-hydrogen) atoms. The number of dihydropyridines is 1. The molecule has 1 N–H and O–H groups in total. The van der Waals surface area contributed by atoms with Gasteiger partial charge in [0.05, 0.1) is 25.9 Å². The lowest BCUT2D eigenvalue weighted by atomic mass is 9.71. The first-order valence-electron chi connectivity index (χ1n) is 12.0. The first-order chi connectivity index (χ1) is 17.0. The SMILES string of the molecule is COC(=O)C1=C(C)NC2=C(C(=O)C[C@@H](c3ccccc3Cl)C2)[C@@H]1c1ccc(N2CCOCC2)cc1. The van der Waals surface area contributed by atoms with Crippen molar-refractivity contribution >= 4 is 29.0 Å². The molecule has 0 saturated carbocycles. The third-order valence-corrected chi connectivity index (χ3v) is 7.52. The zero-order valence-electron chi connectivity index (χ0n) is 20.0. The summed E-state index contributed by atoms with van der Waals surface area (Å²) in [4.78, 5) is 28.8. The van der Waals surface area contributed by atoms with E-state index in [0.717, 1.165) is 35.6 Å². The Labute approximate surface area is 210 Å². The Balaban J connectivity index is 1.54. The molecule has 2 heterocycles. The predicted octanol–water partition coefficient (Wildman–Crippen LogP) is 4.71. The molecule has 1 fully saturated rings. The van der Waals surface area contributed by atoms with Crippen LogP contribution >= 0.6 is 11.6 Å². The number of hydrogen-bond acceptors (Lipinski definition) is 6. The molecule has 0 aromatic heterocycles. The van der Waals surface area contributed by atoms with Crippen LogP contribution in [0.3, 0.4) is 0 Å². The van der Waals surface area contributed by atoms with Gasteiger partial charge < -0.3 is 19.7 Å². The number of morpholine rings is 1. The van der Waals surface area contributed by atoms with Gasteiger partial charge in [-0.15, -0.1) is 0 Å². The Morgan fingerprint density at radius 2 is 1.80 bits per heavy atom. The van der Waals surface area contributed by atoms with Crippen LogP contribution in [0.4, 0.5) is 5.69 Å². The van der Waals surface area contributed by atoms with Crippen LogP contribution in [0.2, 0.25) is 5.02 Å². The summed E-state index contributed by atoms with van der Waals surface area (Å²) in [7, 11) is 1.38. The second-order valence-electron chi connectivity index (χ2n) is 9.22. The minimum absolute atomic E-state index is 0.0146. The summed E-state index contributed by atoms with van der Waals surface area (Å²) < 4.78 is 10.6. The zero-order valence-corrected chi connectivity index (χ0v) is 20.7. The first-order valence-corrected chi connectivity index (χ1v) is 12.3. The predicted molar refractivity (Wildman–Crippen MR) is 136 cm³/mol. The number of nitrogens with zero attached hydrogens (tertiary/aromatic N) is 1. The fraction of sp³-hybridized carbons (Fsp3) is 0.357. The highest BCUT2D eigenvalue weighted by Gasteiger charge is 2.41. The van der Waals surface area contributed by atoms with Gasteiger partial charge in [0.25, 0.3) is 0 Å². The molecule has 1 aliphatic carbocycles. The monoisotopic (exact) mass is 492 g/mol. The molecule has 0 bridgehead atoms. The number of Topliss-reactive ketones (excluding diaryl/α,β-unsaturated/α-hetero) is 1. The molecule has 182 valence electrons. The topological polar surface area (TPSA) is 67.9 Å². The van der Waals surface area contributed by atoms with E-state index in [0.29, 0.717) is 47.9 Å². The van der Waals surface area contributed by atoms with Crippen LogP contribution < -0.4 is 10.2 Å². The van der Waals surface area contributed by atoms with Crippen molar-refractivity contribution in [1.29, 1.82) is 0 Å². The van der Waals surface area contributed by atoms with E-state index >= 15 is 0 Å². The van der Waals surface area contributed by atoms with Gasteiger partial charge in [-0.05, 0) is 48.6 Å². The van der Waals surface area contributed by atoms with E-state index in [1.807, 2.05) is 43.3 Å².